The first-order valence-corrected chi connectivity index (χ1v) is 9.88. The molecule has 1 aromatic rings. The highest BCUT2D eigenvalue weighted by atomic mass is 32.2. The highest BCUT2D eigenvalue weighted by Gasteiger charge is 2.33. The zero-order chi connectivity index (χ0) is 17.7. The molecule has 1 atom stereocenters. The quantitative estimate of drug-likeness (QED) is 0.806. The Bertz CT molecular complexity index is 656. The first-order valence-electron chi connectivity index (χ1n) is 8.44. The zero-order valence-corrected chi connectivity index (χ0v) is 15.2. The van der Waals surface area contributed by atoms with Crippen molar-refractivity contribution >= 4 is 15.9 Å². The molecule has 1 unspecified atom stereocenters. The van der Waals surface area contributed by atoms with Gasteiger partial charge in [-0.3, -0.25) is 4.79 Å². The lowest BCUT2D eigenvalue weighted by Crippen LogP contribution is -2.46. The zero-order valence-electron chi connectivity index (χ0n) is 14.4. The molecule has 1 heterocycles. The number of hydrogen-bond acceptors (Lipinski definition) is 4. The highest BCUT2D eigenvalue weighted by Crippen LogP contribution is 2.25. The van der Waals surface area contributed by atoms with Gasteiger partial charge in [-0.1, -0.05) is 26.0 Å². The summed E-state index contributed by atoms with van der Waals surface area (Å²) in [6.07, 6.45) is 1.39. The summed E-state index contributed by atoms with van der Waals surface area (Å²) in [6, 6.07) is 7.02. The minimum atomic E-state index is -3.56. The normalized spacial score (nSPS) is 19.4. The molecular weight excluding hydrogens is 326 g/mol. The smallest absolute Gasteiger partial charge is 0.243 e. The number of carbonyl (C=O) groups is 1. The average Bonchev–Trinajstić information content (AvgIpc) is 2.59. The van der Waals surface area contributed by atoms with Crippen LogP contribution in [0.15, 0.2) is 29.2 Å². The molecule has 1 aliphatic rings. The molecule has 0 saturated carbocycles. The van der Waals surface area contributed by atoms with Gasteiger partial charge in [-0.05, 0) is 36.5 Å². The Kier molecular flexibility index (Phi) is 6.37. The molecule has 134 valence electrons. The number of hydrogen-bond donors (Lipinski definition) is 2. The lowest BCUT2D eigenvalue weighted by Gasteiger charge is -2.31. The lowest BCUT2D eigenvalue weighted by molar-refractivity contribution is -0.126. The molecule has 3 N–H and O–H groups in total. The maximum absolute atomic E-state index is 12.8. The summed E-state index contributed by atoms with van der Waals surface area (Å²) in [5, 5.41) is 2.75. The summed E-state index contributed by atoms with van der Waals surface area (Å²) in [6.45, 7) is 5.61. The number of nitrogens with two attached hydrogens (primary N) is 1. The van der Waals surface area contributed by atoms with E-state index in [0.717, 1.165) is 5.56 Å². The largest absolute Gasteiger partial charge is 0.355 e. The van der Waals surface area contributed by atoms with Crippen LogP contribution >= 0.6 is 0 Å². The van der Waals surface area contributed by atoms with E-state index in [-0.39, 0.29) is 23.3 Å². The molecule has 1 fully saturated rings. The second-order valence-corrected chi connectivity index (χ2v) is 8.44. The van der Waals surface area contributed by atoms with Gasteiger partial charge in [0.25, 0.3) is 0 Å². The van der Waals surface area contributed by atoms with E-state index in [9.17, 15) is 13.2 Å². The maximum atomic E-state index is 12.8. The average molecular weight is 353 g/mol. The van der Waals surface area contributed by atoms with Crippen molar-refractivity contribution in [1.29, 1.82) is 0 Å². The molecule has 24 heavy (non-hydrogen) atoms. The number of rotatable bonds is 6. The van der Waals surface area contributed by atoms with Gasteiger partial charge in [0.1, 0.15) is 0 Å². The number of benzene rings is 1. The summed E-state index contributed by atoms with van der Waals surface area (Å²) < 4.78 is 27.1. The molecule has 1 aliphatic heterocycles. The van der Waals surface area contributed by atoms with Crippen LogP contribution in [0.2, 0.25) is 0 Å². The number of sulfonamides is 1. The lowest BCUT2D eigenvalue weighted by atomic mass is 9.99. The van der Waals surface area contributed by atoms with E-state index < -0.39 is 10.0 Å². The third-order valence-corrected chi connectivity index (χ3v) is 6.26. The maximum Gasteiger partial charge on any atom is 0.243 e. The fourth-order valence-electron chi connectivity index (χ4n) is 2.89. The van der Waals surface area contributed by atoms with Gasteiger partial charge in [0.2, 0.25) is 15.9 Å². The number of nitrogens with one attached hydrogen (secondary N) is 1. The molecule has 0 spiro atoms. The van der Waals surface area contributed by atoms with Gasteiger partial charge >= 0.3 is 0 Å². The van der Waals surface area contributed by atoms with Crippen LogP contribution in [-0.2, 0) is 14.8 Å². The first-order chi connectivity index (χ1) is 11.4. The van der Waals surface area contributed by atoms with Crippen molar-refractivity contribution in [2.75, 3.05) is 26.2 Å². The van der Waals surface area contributed by atoms with E-state index in [2.05, 4.69) is 19.2 Å². The number of amides is 1. The predicted octanol–water partition coefficient (Wildman–Crippen LogP) is 1.29. The fraction of sp³-hybridized carbons (Fsp3) is 0.588. The van der Waals surface area contributed by atoms with Gasteiger partial charge in [-0.15, -0.1) is 0 Å². The second-order valence-electron chi connectivity index (χ2n) is 6.51. The number of nitrogens with zero attached hydrogens (tertiary/aromatic N) is 1. The van der Waals surface area contributed by atoms with E-state index in [4.69, 9.17) is 5.73 Å². The van der Waals surface area contributed by atoms with Crippen molar-refractivity contribution in [2.24, 2.45) is 11.7 Å². The van der Waals surface area contributed by atoms with Crippen LogP contribution in [0.4, 0.5) is 0 Å². The van der Waals surface area contributed by atoms with Crippen LogP contribution in [0.5, 0.6) is 0 Å². The van der Waals surface area contributed by atoms with Crippen LogP contribution in [0, 0.1) is 5.92 Å². The van der Waals surface area contributed by atoms with Gasteiger partial charge < -0.3 is 11.1 Å². The molecule has 2 rings (SSSR count). The summed E-state index contributed by atoms with van der Waals surface area (Å²) in [7, 11) is -3.56. The molecule has 0 bridgehead atoms. The SMILES string of the molecule is CC(C)c1ccc(S(=O)(=O)N2CCCC(C(=O)NCCN)C2)cc1. The van der Waals surface area contributed by atoms with Crippen LogP contribution in [0.3, 0.4) is 0 Å². The Morgan fingerprint density at radius 1 is 1.33 bits per heavy atom. The number of piperidine rings is 1. The fourth-order valence-corrected chi connectivity index (χ4v) is 4.41. The van der Waals surface area contributed by atoms with Crippen molar-refractivity contribution in [3.05, 3.63) is 29.8 Å². The van der Waals surface area contributed by atoms with E-state index in [1.165, 1.54) is 4.31 Å². The molecule has 1 amide bonds. The summed E-state index contributed by atoms with van der Waals surface area (Å²) >= 11 is 0. The Labute approximate surface area is 144 Å². The van der Waals surface area contributed by atoms with Crippen molar-refractivity contribution in [2.45, 2.75) is 37.5 Å². The van der Waals surface area contributed by atoms with Gasteiger partial charge in [0, 0.05) is 26.2 Å². The molecule has 0 radical (unpaired) electrons. The topological polar surface area (TPSA) is 92.5 Å². The summed E-state index contributed by atoms with van der Waals surface area (Å²) in [5.74, 6) is -0.0714. The number of carbonyl (C=O) groups excluding carboxylic acids is 1. The highest BCUT2D eigenvalue weighted by molar-refractivity contribution is 7.89. The van der Waals surface area contributed by atoms with Crippen LogP contribution in [0.1, 0.15) is 38.2 Å². The van der Waals surface area contributed by atoms with Gasteiger partial charge in [0.15, 0.2) is 0 Å². The third kappa shape index (κ3) is 4.34. The van der Waals surface area contributed by atoms with Gasteiger partial charge in [-0.25, -0.2) is 8.42 Å². The summed E-state index contributed by atoms with van der Waals surface area (Å²) in [5.41, 5.74) is 6.49. The van der Waals surface area contributed by atoms with Crippen molar-refractivity contribution in [1.82, 2.24) is 9.62 Å². The molecule has 0 aromatic heterocycles. The Hall–Kier alpha value is -1.44. The van der Waals surface area contributed by atoms with Gasteiger partial charge in [0.05, 0.1) is 10.8 Å². The Morgan fingerprint density at radius 2 is 2.00 bits per heavy atom. The molecule has 6 nitrogen and oxygen atoms in total. The van der Waals surface area contributed by atoms with Crippen LogP contribution in [-0.4, -0.2) is 44.8 Å². The van der Waals surface area contributed by atoms with Crippen LogP contribution < -0.4 is 11.1 Å². The molecule has 1 aromatic carbocycles. The Morgan fingerprint density at radius 3 is 2.58 bits per heavy atom. The van der Waals surface area contributed by atoms with E-state index >= 15 is 0 Å². The van der Waals surface area contributed by atoms with Crippen LogP contribution in [0.25, 0.3) is 0 Å². The molecule has 1 saturated heterocycles. The van der Waals surface area contributed by atoms with E-state index in [1.807, 2.05) is 12.1 Å². The molecular formula is C17H27N3O3S. The predicted molar refractivity (Wildman–Crippen MR) is 94.1 cm³/mol. The summed E-state index contributed by atoms with van der Waals surface area (Å²) in [4.78, 5) is 12.4. The second kappa shape index (κ2) is 8.09. The van der Waals surface area contributed by atoms with Gasteiger partial charge in [-0.2, -0.15) is 4.31 Å². The standard InChI is InChI=1S/C17H27N3O3S/c1-13(2)14-5-7-16(8-6-14)24(22,23)20-11-3-4-15(12-20)17(21)19-10-9-18/h5-8,13,15H,3-4,9-12,18H2,1-2H3,(H,19,21). The van der Waals surface area contributed by atoms with Crippen molar-refractivity contribution < 1.29 is 13.2 Å². The first kappa shape index (κ1) is 18.9. The minimum Gasteiger partial charge on any atom is -0.355 e. The molecule has 0 aliphatic carbocycles. The monoisotopic (exact) mass is 353 g/mol. The Balaban J connectivity index is 2.12. The van der Waals surface area contributed by atoms with Crippen molar-refractivity contribution in [3.63, 3.8) is 0 Å². The molecule has 7 heteroatoms. The van der Waals surface area contributed by atoms with Crippen molar-refractivity contribution in [3.8, 4) is 0 Å². The third-order valence-electron chi connectivity index (χ3n) is 4.38. The minimum absolute atomic E-state index is 0.115. The van der Waals surface area contributed by atoms with E-state index in [0.29, 0.717) is 38.4 Å². The van der Waals surface area contributed by atoms with E-state index in [1.54, 1.807) is 12.1 Å².